The predicted octanol–water partition coefficient (Wildman–Crippen LogP) is 2.94. The Kier molecular flexibility index (Phi) is 3.64. The van der Waals surface area contributed by atoms with Crippen molar-refractivity contribution in [1.82, 2.24) is 15.6 Å². The standard InChI is InChI=1S/C16H16ClN3OS/c17-11-4-2-1-3-10(11)14-8-19-16(22-14)15(21)20-13-6-9-5-12(13)18-7-9/h1-4,8-9,12-13,18H,5-7H2,(H,20,21). The minimum Gasteiger partial charge on any atom is -0.346 e. The number of hydrogen-bond donors (Lipinski definition) is 2. The summed E-state index contributed by atoms with van der Waals surface area (Å²) < 4.78 is 0. The van der Waals surface area contributed by atoms with Crippen LogP contribution in [-0.4, -0.2) is 29.5 Å². The summed E-state index contributed by atoms with van der Waals surface area (Å²) in [6.45, 7) is 1.09. The van der Waals surface area contributed by atoms with E-state index >= 15 is 0 Å². The lowest BCUT2D eigenvalue weighted by Gasteiger charge is -2.23. The molecule has 4 nitrogen and oxygen atoms in total. The van der Waals surface area contributed by atoms with Crippen molar-refractivity contribution in [2.75, 3.05) is 6.54 Å². The molecule has 2 N–H and O–H groups in total. The first kappa shape index (κ1) is 14.2. The topological polar surface area (TPSA) is 54.0 Å². The number of thiazole rings is 1. The molecule has 0 radical (unpaired) electrons. The maximum absolute atomic E-state index is 12.4. The molecule has 22 heavy (non-hydrogen) atoms. The van der Waals surface area contributed by atoms with E-state index in [9.17, 15) is 4.79 Å². The summed E-state index contributed by atoms with van der Waals surface area (Å²) >= 11 is 7.58. The molecule has 1 saturated heterocycles. The van der Waals surface area contributed by atoms with E-state index in [1.165, 1.54) is 17.8 Å². The fraction of sp³-hybridized carbons (Fsp3) is 0.375. The average molecular weight is 334 g/mol. The van der Waals surface area contributed by atoms with Crippen molar-refractivity contribution < 1.29 is 4.79 Å². The Morgan fingerprint density at radius 2 is 2.23 bits per heavy atom. The van der Waals surface area contributed by atoms with Crippen LogP contribution < -0.4 is 10.6 Å². The average Bonchev–Trinajstić information content (AvgIpc) is 3.24. The minimum absolute atomic E-state index is 0.0809. The first-order valence-electron chi connectivity index (χ1n) is 7.45. The van der Waals surface area contributed by atoms with Gasteiger partial charge < -0.3 is 10.6 Å². The molecular weight excluding hydrogens is 318 g/mol. The van der Waals surface area contributed by atoms with Crippen molar-refractivity contribution in [3.8, 4) is 10.4 Å². The molecule has 1 aliphatic heterocycles. The maximum atomic E-state index is 12.4. The monoisotopic (exact) mass is 333 g/mol. The Balaban J connectivity index is 1.49. The molecule has 1 aliphatic carbocycles. The molecule has 2 heterocycles. The molecule has 2 aromatic rings. The Morgan fingerprint density at radius 3 is 2.95 bits per heavy atom. The van der Waals surface area contributed by atoms with Gasteiger partial charge in [0.05, 0.1) is 4.88 Å². The highest BCUT2D eigenvalue weighted by molar-refractivity contribution is 7.17. The number of nitrogens with zero attached hydrogens (tertiary/aromatic N) is 1. The Bertz CT molecular complexity index is 717. The van der Waals surface area contributed by atoms with Crippen molar-refractivity contribution in [3.05, 3.63) is 40.5 Å². The van der Waals surface area contributed by atoms with Crippen LogP contribution >= 0.6 is 22.9 Å². The van der Waals surface area contributed by atoms with Crippen LogP contribution in [-0.2, 0) is 0 Å². The number of fused-ring (bicyclic) bond motifs is 2. The van der Waals surface area contributed by atoms with E-state index in [-0.39, 0.29) is 11.9 Å². The number of halogens is 1. The summed E-state index contributed by atoms with van der Waals surface area (Å²) in [7, 11) is 0. The second-order valence-corrected chi connectivity index (χ2v) is 7.38. The van der Waals surface area contributed by atoms with Gasteiger partial charge in [0.15, 0.2) is 5.01 Å². The number of piperidine rings is 1. The van der Waals surface area contributed by atoms with Gasteiger partial charge in [-0.15, -0.1) is 11.3 Å². The number of carbonyl (C=O) groups is 1. The molecule has 114 valence electrons. The fourth-order valence-corrected chi connectivity index (χ4v) is 4.56. The molecule has 1 saturated carbocycles. The maximum Gasteiger partial charge on any atom is 0.280 e. The molecular formula is C16H16ClN3OS. The van der Waals surface area contributed by atoms with Gasteiger partial charge in [0, 0.05) is 28.9 Å². The van der Waals surface area contributed by atoms with Gasteiger partial charge in [-0.2, -0.15) is 0 Å². The number of amides is 1. The van der Waals surface area contributed by atoms with Gasteiger partial charge in [-0.1, -0.05) is 29.8 Å². The zero-order valence-corrected chi connectivity index (χ0v) is 13.5. The van der Waals surface area contributed by atoms with Crippen LogP contribution in [0.25, 0.3) is 10.4 Å². The molecule has 4 rings (SSSR count). The fourth-order valence-electron chi connectivity index (χ4n) is 3.41. The van der Waals surface area contributed by atoms with Gasteiger partial charge >= 0.3 is 0 Å². The van der Waals surface area contributed by atoms with Crippen LogP contribution in [0.4, 0.5) is 0 Å². The quantitative estimate of drug-likeness (QED) is 0.908. The van der Waals surface area contributed by atoms with Crippen LogP contribution in [0.2, 0.25) is 5.02 Å². The number of nitrogens with one attached hydrogen (secondary N) is 2. The summed E-state index contributed by atoms with van der Waals surface area (Å²) in [5.41, 5.74) is 0.919. The van der Waals surface area contributed by atoms with E-state index in [0.717, 1.165) is 23.4 Å². The molecule has 3 atom stereocenters. The van der Waals surface area contributed by atoms with Gasteiger partial charge in [0.2, 0.25) is 0 Å². The SMILES string of the molecule is O=C(NC1CC2CNC1C2)c1ncc(-c2ccccc2Cl)s1. The molecule has 1 aromatic carbocycles. The third kappa shape index (κ3) is 2.53. The molecule has 1 amide bonds. The summed E-state index contributed by atoms with van der Waals surface area (Å²) in [4.78, 5) is 17.6. The lowest BCUT2D eigenvalue weighted by molar-refractivity contribution is 0.0928. The van der Waals surface area contributed by atoms with E-state index in [1.807, 2.05) is 24.3 Å². The van der Waals surface area contributed by atoms with Gasteiger partial charge in [-0.05, 0) is 31.4 Å². The Labute approximate surface area is 137 Å². The Hall–Kier alpha value is -1.43. The lowest BCUT2D eigenvalue weighted by atomic mass is 10.1. The molecule has 2 bridgehead atoms. The van der Waals surface area contributed by atoms with E-state index in [2.05, 4.69) is 15.6 Å². The second kappa shape index (κ2) is 5.65. The third-order valence-electron chi connectivity index (χ3n) is 4.48. The molecule has 0 spiro atoms. The van der Waals surface area contributed by atoms with Crippen molar-refractivity contribution in [1.29, 1.82) is 0 Å². The van der Waals surface area contributed by atoms with Crippen LogP contribution in [0.1, 0.15) is 22.6 Å². The summed E-state index contributed by atoms with van der Waals surface area (Å²) in [5.74, 6) is 0.632. The van der Waals surface area contributed by atoms with Crippen LogP contribution in [0.3, 0.4) is 0 Å². The van der Waals surface area contributed by atoms with Crippen molar-refractivity contribution in [3.63, 3.8) is 0 Å². The highest BCUT2D eigenvalue weighted by atomic mass is 35.5. The molecule has 6 heteroatoms. The number of hydrogen-bond acceptors (Lipinski definition) is 4. The highest BCUT2D eigenvalue weighted by Gasteiger charge is 2.40. The minimum atomic E-state index is -0.0809. The highest BCUT2D eigenvalue weighted by Crippen LogP contribution is 2.33. The normalized spacial score (nSPS) is 26.3. The summed E-state index contributed by atoms with van der Waals surface area (Å²) in [6.07, 6.45) is 3.97. The smallest absolute Gasteiger partial charge is 0.280 e. The number of carbonyl (C=O) groups excluding carboxylic acids is 1. The predicted molar refractivity (Wildman–Crippen MR) is 88.3 cm³/mol. The van der Waals surface area contributed by atoms with Crippen LogP contribution in [0.5, 0.6) is 0 Å². The Morgan fingerprint density at radius 1 is 1.36 bits per heavy atom. The third-order valence-corrected chi connectivity index (χ3v) is 5.84. The number of aromatic nitrogens is 1. The summed E-state index contributed by atoms with van der Waals surface area (Å²) in [6, 6.07) is 8.27. The largest absolute Gasteiger partial charge is 0.346 e. The van der Waals surface area contributed by atoms with E-state index in [0.29, 0.717) is 22.0 Å². The zero-order chi connectivity index (χ0) is 15.1. The molecule has 1 aromatic heterocycles. The molecule has 3 unspecified atom stereocenters. The first-order valence-corrected chi connectivity index (χ1v) is 8.65. The van der Waals surface area contributed by atoms with Crippen molar-refractivity contribution in [2.45, 2.75) is 24.9 Å². The zero-order valence-electron chi connectivity index (χ0n) is 11.9. The molecule has 2 aliphatic rings. The van der Waals surface area contributed by atoms with E-state index < -0.39 is 0 Å². The molecule has 2 fully saturated rings. The van der Waals surface area contributed by atoms with Gasteiger partial charge in [0.25, 0.3) is 5.91 Å². The van der Waals surface area contributed by atoms with Gasteiger partial charge in [-0.25, -0.2) is 4.98 Å². The van der Waals surface area contributed by atoms with E-state index in [1.54, 1.807) is 6.20 Å². The second-order valence-electron chi connectivity index (χ2n) is 5.94. The van der Waals surface area contributed by atoms with Crippen LogP contribution in [0, 0.1) is 5.92 Å². The summed E-state index contributed by atoms with van der Waals surface area (Å²) in [5, 5.41) is 7.75. The number of rotatable bonds is 3. The van der Waals surface area contributed by atoms with Crippen LogP contribution in [0.15, 0.2) is 30.5 Å². The van der Waals surface area contributed by atoms with Gasteiger partial charge in [-0.3, -0.25) is 4.79 Å². The van der Waals surface area contributed by atoms with Crippen molar-refractivity contribution in [2.24, 2.45) is 5.92 Å². The van der Waals surface area contributed by atoms with Gasteiger partial charge in [0.1, 0.15) is 0 Å². The van der Waals surface area contributed by atoms with E-state index in [4.69, 9.17) is 11.6 Å². The van der Waals surface area contributed by atoms with Crippen molar-refractivity contribution >= 4 is 28.8 Å². The number of benzene rings is 1. The lowest BCUT2D eigenvalue weighted by Crippen LogP contribution is -2.47. The first-order chi connectivity index (χ1) is 10.7.